The van der Waals surface area contributed by atoms with Crippen molar-refractivity contribution in [2.75, 3.05) is 32.7 Å². The summed E-state index contributed by atoms with van der Waals surface area (Å²) in [7, 11) is 0. The second kappa shape index (κ2) is 10.9. The van der Waals surface area contributed by atoms with E-state index in [-0.39, 0.29) is 5.91 Å². The minimum Gasteiger partial charge on any atom is -0.336 e. The van der Waals surface area contributed by atoms with Crippen LogP contribution in [0.2, 0.25) is 0 Å². The van der Waals surface area contributed by atoms with Crippen molar-refractivity contribution in [1.82, 2.24) is 24.4 Å². The molecule has 184 valence electrons. The van der Waals surface area contributed by atoms with Crippen LogP contribution in [0.15, 0.2) is 72.9 Å². The van der Waals surface area contributed by atoms with E-state index in [0.717, 1.165) is 73.7 Å². The largest absolute Gasteiger partial charge is 0.336 e. The zero-order valence-corrected chi connectivity index (χ0v) is 21.1. The SMILES string of the molecule is CCCc1c(C(=O)N2CCN(CC=Cc3ccccc3)CC2)cnc2c(-c3ccccc3)c(C)nn12. The highest BCUT2D eigenvalue weighted by Gasteiger charge is 2.26. The van der Waals surface area contributed by atoms with E-state index in [9.17, 15) is 4.79 Å². The van der Waals surface area contributed by atoms with Crippen LogP contribution in [0.4, 0.5) is 0 Å². The molecule has 6 heteroatoms. The lowest BCUT2D eigenvalue weighted by Gasteiger charge is -2.34. The number of fused-ring (bicyclic) bond motifs is 1. The quantitative estimate of drug-likeness (QED) is 0.369. The van der Waals surface area contributed by atoms with Crippen LogP contribution in [0.25, 0.3) is 22.9 Å². The highest BCUT2D eigenvalue weighted by Crippen LogP contribution is 2.29. The molecule has 0 atom stereocenters. The molecule has 0 unspecified atom stereocenters. The molecule has 36 heavy (non-hydrogen) atoms. The molecule has 1 aliphatic heterocycles. The average Bonchev–Trinajstić information content (AvgIpc) is 3.26. The zero-order chi connectivity index (χ0) is 24.9. The molecule has 0 N–H and O–H groups in total. The monoisotopic (exact) mass is 479 g/mol. The Morgan fingerprint density at radius 1 is 0.972 bits per heavy atom. The molecule has 1 saturated heterocycles. The van der Waals surface area contributed by atoms with Crippen molar-refractivity contribution in [2.45, 2.75) is 26.7 Å². The standard InChI is InChI=1S/C30H33N5O/c1-3-11-27-26(22-31-29-28(23(2)32-35(27)29)25-15-8-5-9-16-25)30(36)34-20-18-33(19-21-34)17-10-14-24-12-6-4-7-13-24/h4-10,12-16,22H,3,11,17-21H2,1-2H3. The van der Waals surface area contributed by atoms with Crippen molar-refractivity contribution >= 4 is 17.6 Å². The van der Waals surface area contributed by atoms with Gasteiger partial charge in [0.25, 0.3) is 5.91 Å². The highest BCUT2D eigenvalue weighted by molar-refractivity contribution is 5.96. The molecule has 0 bridgehead atoms. The first kappa shape index (κ1) is 23.9. The van der Waals surface area contributed by atoms with Gasteiger partial charge in [-0.05, 0) is 24.5 Å². The molecule has 0 saturated carbocycles. The van der Waals surface area contributed by atoms with E-state index in [4.69, 9.17) is 10.1 Å². The van der Waals surface area contributed by atoms with Crippen LogP contribution >= 0.6 is 0 Å². The fourth-order valence-electron chi connectivity index (χ4n) is 4.94. The van der Waals surface area contributed by atoms with Gasteiger partial charge in [-0.2, -0.15) is 5.10 Å². The van der Waals surface area contributed by atoms with Gasteiger partial charge in [-0.25, -0.2) is 9.50 Å². The molecular formula is C30H33N5O. The molecule has 0 aliphatic carbocycles. The number of nitrogens with zero attached hydrogens (tertiary/aromatic N) is 5. The van der Waals surface area contributed by atoms with Gasteiger partial charge in [0, 0.05) is 44.5 Å². The topological polar surface area (TPSA) is 53.7 Å². The van der Waals surface area contributed by atoms with Gasteiger partial charge >= 0.3 is 0 Å². The number of hydrogen-bond acceptors (Lipinski definition) is 4. The van der Waals surface area contributed by atoms with E-state index in [1.165, 1.54) is 5.56 Å². The Morgan fingerprint density at radius 2 is 1.67 bits per heavy atom. The number of piperazine rings is 1. The van der Waals surface area contributed by atoms with E-state index < -0.39 is 0 Å². The van der Waals surface area contributed by atoms with Crippen molar-refractivity contribution in [3.05, 3.63) is 95.5 Å². The number of hydrogen-bond donors (Lipinski definition) is 0. The number of carbonyl (C=O) groups is 1. The van der Waals surface area contributed by atoms with Crippen LogP contribution < -0.4 is 0 Å². The van der Waals surface area contributed by atoms with E-state index in [2.05, 4.69) is 60.4 Å². The van der Waals surface area contributed by atoms with Gasteiger partial charge in [0.05, 0.1) is 17.0 Å². The van der Waals surface area contributed by atoms with Crippen molar-refractivity contribution in [3.8, 4) is 11.1 Å². The summed E-state index contributed by atoms with van der Waals surface area (Å²) < 4.78 is 1.90. The zero-order valence-electron chi connectivity index (χ0n) is 21.1. The molecule has 1 fully saturated rings. The normalized spacial score (nSPS) is 14.7. The van der Waals surface area contributed by atoms with E-state index in [1.807, 2.05) is 40.6 Å². The second-order valence-electron chi connectivity index (χ2n) is 9.34. The Labute approximate surface area is 212 Å². The number of benzene rings is 2. The summed E-state index contributed by atoms with van der Waals surface area (Å²) in [6.07, 6.45) is 7.84. The Kier molecular flexibility index (Phi) is 7.23. The predicted molar refractivity (Wildman–Crippen MR) is 145 cm³/mol. The van der Waals surface area contributed by atoms with Crippen LogP contribution in [0.3, 0.4) is 0 Å². The maximum atomic E-state index is 13.6. The third-order valence-corrected chi connectivity index (χ3v) is 6.83. The first-order chi connectivity index (χ1) is 17.7. The number of aryl methyl sites for hydroxylation is 2. The molecule has 6 nitrogen and oxygen atoms in total. The Bertz CT molecular complexity index is 1350. The van der Waals surface area contributed by atoms with Crippen LogP contribution in [0, 0.1) is 6.92 Å². The van der Waals surface area contributed by atoms with Gasteiger partial charge < -0.3 is 4.90 Å². The molecule has 2 aromatic heterocycles. The Balaban J connectivity index is 1.33. The van der Waals surface area contributed by atoms with Gasteiger partial charge in [-0.3, -0.25) is 9.69 Å². The fraction of sp³-hybridized carbons (Fsp3) is 0.300. The van der Waals surface area contributed by atoms with Gasteiger partial charge in [0.2, 0.25) is 0 Å². The molecule has 2 aromatic carbocycles. The van der Waals surface area contributed by atoms with Crippen molar-refractivity contribution in [2.24, 2.45) is 0 Å². The summed E-state index contributed by atoms with van der Waals surface area (Å²) in [5.74, 6) is 0.0572. The first-order valence-electron chi connectivity index (χ1n) is 12.8. The van der Waals surface area contributed by atoms with E-state index in [0.29, 0.717) is 5.56 Å². The number of carbonyl (C=O) groups excluding carboxylic acids is 1. The second-order valence-corrected chi connectivity index (χ2v) is 9.34. The van der Waals surface area contributed by atoms with Crippen LogP contribution in [-0.2, 0) is 6.42 Å². The summed E-state index contributed by atoms with van der Waals surface area (Å²) in [5.41, 5.74) is 6.69. The van der Waals surface area contributed by atoms with E-state index in [1.54, 1.807) is 6.20 Å². The van der Waals surface area contributed by atoms with Gasteiger partial charge in [0.1, 0.15) is 0 Å². The summed E-state index contributed by atoms with van der Waals surface area (Å²) in [5, 5.41) is 4.83. The Hall–Kier alpha value is -3.77. The van der Waals surface area contributed by atoms with Crippen LogP contribution in [-0.4, -0.2) is 63.0 Å². The molecule has 5 rings (SSSR count). The third-order valence-electron chi connectivity index (χ3n) is 6.83. The maximum absolute atomic E-state index is 13.6. The van der Waals surface area contributed by atoms with Gasteiger partial charge in [0.15, 0.2) is 5.65 Å². The number of amides is 1. The van der Waals surface area contributed by atoms with Gasteiger partial charge in [-0.15, -0.1) is 0 Å². The van der Waals surface area contributed by atoms with Crippen LogP contribution in [0.5, 0.6) is 0 Å². The number of rotatable bonds is 7. The summed E-state index contributed by atoms with van der Waals surface area (Å²) in [4.78, 5) is 22.7. The smallest absolute Gasteiger partial charge is 0.257 e. The van der Waals surface area contributed by atoms with Gasteiger partial charge in [-0.1, -0.05) is 86.2 Å². The molecule has 4 aromatic rings. The number of aromatic nitrogens is 3. The first-order valence-corrected chi connectivity index (χ1v) is 12.8. The summed E-state index contributed by atoms with van der Waals surface area (Å²) >= 11 is 0. The maximum Gasteiger partial charge on any atom is 0.257 e. The van der Waals surface area contributed by atoms with E-state index >= 15 is 0 Å². The fourth-order valence-corrected chi connectivity index (χ4v) is 4.94. The summed E-state index contributed by atoms with van der Waals surface area (Å²) in [6.45, 7) is 8.20. The average molecular weight is 480 g/mol. The minimum atomic E-state index is 0.0572. The molecule has 3 heterocycles. The van der Waals surface area contributed by atoms with Crippen molar-refractivity contribution in [1.29, 1.82) is 0 Å². The molecule has 0 radical (unpaired) electrons. The lowest BCUT2D eigenvalue weighted by atomic mass is 10.1. The molecule has 1 aliphatic rings. The minimum absolute atomic E-state index is 0.0572. The molecule has 1 amide bonds. The predicted octanol–water partition coefficient (Wildman–Crippen LogP) is 5.13. The highest BCUT2D eigenvalue weighted by atomic mass is 16.2. The Morgan fingerprint density at radius 3 is 2.36 bits per heavy atom. The van der Waals surface area contributed by atoms with Crippen LogP contribution in [0.1, 0.15) is 40.7 Å². The lowest BCUT2D eigenvalue weighted by molar-refractivity contribution is 0.0648. The third kappa shape index (κ3) is 4.95. The van der Waals surface area contributed by atoms with Crippen molar-refractivity contribution in [3.63, 3.8) is 0 Å². The van der Waals surface area contributed by atoms with Crippen molar-refractivity contribution < 1.29 is 4.79 Å². The lowest BCUT2D eigenvalue weighted by Crippen LogP contribution is -2.48. The summed E-state index contributed by atoms with van der Waals surface area (Å²) in [6, 6.07) is 20.6. The molecule has 0 spiro atoms. The molecular weight excluding hydrogens is 446 g/mol.